The van der Waals surface area contributed by atoms with Gasteiger partial charge in [-0.3, -0.25) is 0 Å². The monoisotopic (exact) mass is 418 g/mol. The van der Waals surface area contributed by atoms with Crippen LogP contribution in [0.3, 0.4) is 0 Å². The van der Waals surface area contributed by atoms with Crippen LogP contribution in [-0.4, -0.2) is 11.0 Å². The molecule has 102 valence electrons. The second kappa shape index (κ2) is 4.86. The standard InChI is InChI=1S/C9H3Br2ClF6/c10-5-1-4(2-6(12)3-5)7(13,8(11,14)15)9(16,17)18/h1-3H. The highest BCUT2D eigenvalue weighted by atomic mass is 79.9. The first kappa shape index (κ1) is 16.1. The van der Waals surface area contributed by atoms with E-state index in [0.29, 0.717) is 12.1 Å². The zero-order valence-electron chi connectivity index (χ0n) is 8.13. The van der Waals surface area contributed by atoms with Crippen molar-refractivity contribution >= 4 is 43.5 Å². The van der Waals surface area contributed by atoms with Crippen molar-refractivity contribution in [1.29, 1.82) is 0 Å². The summed E-state index contributed by atoms with van der Waals surface area (Å²) in [5, 5.41) is -0.303. The van der Waals surface area contributed by atoms with E-state index in [1.807, 2.05) is 0 Å². The van der Waals surface area contributed by atoms with Crippen LogP contribution in [-0.2, 0) is 5.67 Å². The summed E-state index contributed by atoms with van der Waals surface area (Å²) in [6.45, 7) is 0. The fraction of sp³-hybridized carbons (Fsp3) is 0.333. The van der Waals surface area contributed by atoms with Gasteiger partial charge in [-0.25, -0.2) is 4.39 Å². The Morgan fingerprint density at radius 2 is 1.44 bits per heavy atom. The van der Waals surface area contributed by atoms with E-state index in [4.69, 9.17) is 11.6 Å². The molecule has 0 aromatic heterocycles. The maximum absolute atomic E-state index is 13.9. The largest absolute Gasteiger partial charge is 0.433 e. The van der Waals surface area contributed by atoms with E-state index < -0.39 is 22.2 Å². The summed E-state index contributed by atoms with van der Waals surface area (Å²) in [7, 11) is 0. The Balaban J connectivity index is 3.55. The molecule has 0 N–H and O–H groups in total. The van der Waals surface area contributed by atoms with E-state index in [2.05, 4.69) is 15.9 Å². The first-order valence-electron chi connectivity index (χ1n) is 4.18. The molecule has 0 spiro atoms. The highest BCUT2D eigenvalue weighted by Gasteiger charge is 2.71. The van der Waals surface area contributed by atoms with Crippen molar-refractivity contribution in [2.45, 2.75) is 16.7 Å². The quantitative estimate of drug-likeness (QED) is 0.418. The number of alkyl halides is 7. The second-order valence-electron chi connectivity index (χ2n) is 3.31. The SMILES string of the molecule is FC(F)(F)C(F)(c1cc(Cl)cc(Br)c1)C(F)(F)Br. The summed E-state index contributed by atoms with van der Waals surface area (Å²) < 4.78 is 77.6. The fourth-order valence-corrected chi connectivity index (χ4v) is 2.55. The molecule has 9 heteroatoms. The first-order chi connectivity index (χ1) is 7.89. The molecular weight excluding hydrogens is 417 g/mol. The van der Waals surface area contributed by atoms with Crippen LogP contribution in [0.2, 0.25) is 5.02 Å². The van der Waals surface area contributed by atoms with Gasteiger partial charge in [-0.1, -0.05) is 27.5 Å². The van der Waals surface area contributed by atoms with Gasteiger partial charge in [-0.2, -0.15) is 22.0 Å². The third-order valence-corrected chi connectivity index (χ3v) is 3.26. The molecular formula is C9H3Br2ClF6. The van der Waals surface area contributed by atoms with E-state index in [1.165, 1.54) is 15.9 Å². The van der Waals surface area contributed by atoms with Crippen LogP contribution in [0.15, 0.2) is 22.7 Å². The van der Waals surface area contributed by atoms with E-state index in [0.717, 1.165) is 6.07 Å². The molecule has 0 aliphatic rings. The average molecular weight is 420 g/mol. The molecule has 0 heterocycles. The van der Waals surface area contributed by atoms with Gasteiger partial charge in [0.25, 0.3) is 0 Å². The van der Waals surface area contributed by atoms with Gasteiger partial charge in [0.15, 0.2) is 0 Å². The van der Waals surface area contributed by atoms with Crippen molar-refractivity contribution in [2.75, 3.05) is 0 Å². The van der Waals surface area contributed by atoms with Crippen LogP contribution in [0, 0.1) is 0 Å². The Morgan fingerprint density at radius 3 is 1.78 bits per heavy atom. The van der Waals surface area contributed by atoms with Crippen LogP contribution in [0.4, 0.5) is 26.3 Å². The number of benzene rings is 1. The first-order valence-corrected chi connectivity index (χ1v) is 6.15. The molecule has 1 atom stereocenters. The third kappa shape index (κ3) is 2.80. The van der Waals surface area contributed by atoms with Gasteiger partial charge in [-0.05, 0) is 34.1 Å². The molecule has 18 heavy (non-hydrogen) atoms. The Kier molecular flexibility index (Phi) is 4.35. The minimum atomic E-state index is -5.82. The lowest BCUT2D eigenvalue weighted by Gasteiger charge is -2.32. The summed E-state index contributed by atoms with van der Waals surface area (Å²) in [6, 6.07) is 2.23. The van der Waals surface area contributed by atoms with E-state index in [9.17, 15) is 26.3 Å². The Hall–Kier alpha value is 0.0500. The van der Waals surface area contributed by atoms with Crippen LogP contribution < -0.4 is 0 Å². The summed E-state index contributed by atoms with van der Waals surface area (Å²) in [4.78, 5) is -4.83. The molecule has 0 nitrogen and oxygen atoms in total. The molecule has 1 aromatic rings. The van der Waals surface area contributed by atoms with Gasteiger partial charge < -0.3 is 0 Å². The van der Waals surface area contributed by atoms with Gasteiger partial charge in [0, 0.05) is 15.1 Å². The molecule has 0 amide bonds. The highest BCUT2D eigenvalue weighted by molar-refractivity contribution is 9.10. The van der Waals surface area contributed by atoms with Crippen molar-refractivity contribution in [2.24, 2.45) is 0 Å². The third-order valence-electron chi connectivity index (χ3n) is 2.04. The summed E-state index contributed by atoms with van der Waals surface area (Å²) >= 11 is 9.63. The number of hydrogen-bond donors (Lipinski definition) is 0. The number of halogens is 9. The summed E-state index contributed by atoms with van der Waals surface area (Å²) in [6.07, 6.45) is -5.82. The van der Waals surface area contributed by atoms with Crippen molar-refractivity contribution < 1.29 is 26.3 Å². The highest BCUT2D eigenvalue weighted by Crippen LogP contribution is 2.55. The van der Waals surface area contributed by atoms with Crippen LogP contribution in [0.25, 0.3) is 0 Å². The fourth-order valence-electron chi connectivity index (χ4n) is 1.24. The van der Waals surface area contributed by atoms with Crippen LogP contribution in [0.1, 0.15) is 5.56 Å². The normalized spacial score (nSPS) is 16.5. The van der Waals surface area contributed by atoms with Crippen molar-refractivity contribution in [3.8, 4) is 0 Å². The second-order valence-corrected chi connectivity index (χ2v) is 5.66. The predicted molar refractivity (Wildman–Crippen MR) is 61.9 cm³/mol. The molecule has 0 saturated carbocycles. The molecule has 1 aromatic carbocycles. The summed E-state index contributed by atoms with van der Waals surface area (Å²) in [5.74, 6) is 0. The topological polar surface area (TPSA) is 0 Å². The molecule has 0 saturated heterocycles. The average Bonchev–Trinajstić information content (AvgIpc) is 2.11. The molecule has 0 radical (unpaired) electrons. The minimum absolute atomic E-state index is 0.0481. The van der Waals surface area contributed by atoms with Gasteiger partial charge in [-0.15, -0.1) is 0 Å². The van der Waals surface area contributed by atoms with E-state index >= 15 is 0 Å². The number of rotatable bonds is 2. The van der Waals surface area contributed by atoms with E-state index in [-0.39, 0.29) is 9.50 Å². The molecule has 0 fully saturated rings. The Bertz CT molecular complexity index is 419. The zero-order chi connectivity index (χ0) is 14.4. The Labute approximate surface area is 120 Å². The lowest BCUT2D eigenvalue weighted by molar-refractivity contribution is -0.282. The minimum Gasteiger partial charge on any atom is -0.221 e. The van der Waals surface area contributed by atoms with Crippen LogP contribution >= 0.6 is 43.5 Å². The molecule has 0 bridgehead atoms. The smallest absolute Gasteiger partial charge is 0.221 e. The molecule has 1 unspecified atom stereocenters. The zero-order valence-corrected chi connectivity index (χ0v) is 12.1. The molecule has 0 aliphatic carbocycles. The number of hydrogen-bond acceptors (Lipinski definition) is 0. The van der Waals surface area contributed by atoms with Crippen molar-refractivity contribution in [3.63, 3.8) is 0 Å². The lowest BCUT2D eigenvalue weighted by Crippen LogP contribution is -2.49. The van der Waals surface area contributed by atoms with Crippen molar-refractivity contribution in [3.05, 3.63) is 33.3 Å². The predicted octanol–water partition coefficient (Wildman–Crippen LogP) is 5.82. The van der Waals surface area contributed by atoms with Gasteiger partial charge >= 0.3 is 16.7 Å². The maximum atomic E-state index is 13.9. The maximum Gasteiger partial charge on any atom is 0.433 e. The molecule has 0 aliphatic heterocycles. The van der Waals surface area contributed by atoms with Gasteiger partial charge in [0.1, 0.15) is 0 Å². The lowest BCUT2D eigenvalue weighted by atomic mass is 9.95. The Morgan fingerprint density at radius 1 is 0.944 bits per heavy atom. The van der Waals surface area contributed by atoms with Gasteiger partial charge in [0.05, 0.1) is 0 Å². The van der Waals surface area contributed by atoms with E-state index in [1.54, 1.807) is 0 Å². The molecule has 1 rings (SSSR count). The van der Waals surface area contributed by atoms with Gasteiger partial charge in [0.2, 0.25) is 0 Å². The van der Waals surface area contributed by atoms with Crippen molar-refractivity contribution in [1.82, 2.24) is 0 Å². The summed E-state index contributed by atoms with van der Waals surface area (Å²) in [5.41, 5.74) is -6.18. The van der Waals surface area contributed by atoms with Crippen LogP contribution in [0.5, 0.6) is 0 Å².